The van der Waals surface area contributed by atoms with Crippen molar-refractivity contribution in [3.05, 3.63) is 46.2 Å². The molecule has 0 fully saturated rings. The average molecular weight is 321 g/mol. The number of methoxy groups -OCH3 is 1. The molecule has 0 bridgehead atoms. The molecular weight excluding hydrogens is 300 g/mol. The summed E-state index contributed by atoms with van der Waals surface area (Å²) in [5, 5.41) is 0.754. The lowest BCUT2D eigenvalue weighted by Gasteiger charge is -2.35. The minimum atomic E-state index is 0.535. The molecule has 22 heavy (non-hydrogen) atoms. The number of rotatable bonds is 4. The monoisotopic (exact) mass is 320 g/mol. The number of hydrogen-bond acceptors (Lipinski definition) is 5. The summed E-state index contributed by atoms with van der Waals surface area (Å²) < 4.78 is 5.20. The molecule has 0 atom stereocenters. The van der Waals surface area contributed by atoms with Crippen molar-refractivity contribution in [3.8, 4) is 0 Å². The van der Waals surface area contributed by atoms with Crippen molar-refractivity contribution < 1.29 is 4.74 Å². The van der Waals surface area contributed by atoms with Gasteiger partial charge >= 0.3 is 0 Å². The largest absolute Gasteiger partial charge is 0.380 e. The fourth-order valence-electron chi connectivity index (χ4n) is 2.85. The summed E-state index contributed by atoms with van der Waals surface area (Å²) >= 11 is 6.20. The summed E-state index contributed by atoms with van der Waals surface area (Å²) in [6.07, 6.45) is 2.19. The number of fused-ring (bicyclic) bond motifs is 1. The number of ether oxygens (including phenoxy) is 1. The Hall–Kier alpha value is -1.72. The highest BCUT2D eigenvalue weighted by molar-refractivity contribution is 6.31. The van der Waals surface area contributed by atoms with Crippen LogP contribution in [0.15, 0.2) is 35.1 Å². The molecule has 1 aromatic rings. The number of nitrogens with zero attached hydrogens (tertiary/aromatic N) is 4. The molecule has 0 aliphatic carbocycles. The first-order chi connectivity index (χ1) is 10.6. The molecule has 5 nitrogen and oxygen atoms in total. The Morgan fingerprint density at radius 3 is 2.86 bits per heavy atom. The van der Waals surface area contributed by atoms with Crippen LogP contribution >= 0.6 is 11.6 Å². The Morgan fingerprint density at radius 1 is 1.27 bits per heavy atom. The van der Waals surface area contributed by atoms with Crippen LogP contribution in [-0.2, 0) is 17.9 Å². The van der Waals surface area contributed by atoms with Gasteiger partial charge in [0.25, 0.3) is 0 Å². The topological polar surface area (TPSA) is 31.3 Å². The van der Waals surface area contributed by atoms with Gasteiger partial charge in [0, 0.05) is 39.0 Å². The van der Waals surface area contributed by atoms with E-state index in [9.17, 15) is 0 Å². The van der Waals surface area contributed by atoms with E-state index < -0.39 is 0 Å². The van der Waals surface area contributed by atoms with E-state index in [1.807, 2.05) is 6.07 Å². The number of aliphatic imine (C=N–C) groups is 1. The van der Waals surface area contributed by atoms with Crippen molar-refractivity contribution in [3.63, 3.8) is 0 Å². The number of halogens is 1. The van der Waals surface area contributed by atoms with Gasteiger partial charge in [0.05, 0.1) is 19.0 Å². The Kier molecular flexibility index (Phi) is 4.27. The SMILES string of the molecule is COCc1cc(CN2C=C3C(=NCN3C)N(C)C2)ccc1Cl. The van der Waals surface area contributed by atoms with E-state index in [0.717, 1.165) is 36.3 Å². The molecule has 2 aliphatic rings. The average Bonchev–Trinajstić information content (AvgIpc) is 2.85. The maximum absolute atomic E-state index is 6.20. The highest BCUT2D eigenvalue weighted by atomic mass is 35.5. The molecule has 0 amide bonds. The summed E-state index contributed by atoms with van der Waals surface area (Å²) in [6.45, 7) is 2.94. The predicted octanol–water partition coefficient (Wildman–Crippen LogP) is 2.33. The molecule has 0 radical (unpaired) electrons. The summed E-state index contributed by atoms with van der Waals surface area (Å²) in [4.78, 5) is 11.2. The van der Waals surface area contributed by atoms with Crippen molar-refractivity contribution in [2.75, 3.05) is 34.5 Å². The van der Waals surface area contributed by atoms with Gasteiger partial charge in [0.15, 0.2) is 5.84 Å². The zero-order valence-electron chi connectivity index (χ0n) is 13.2. The molecule has 0 N–H and O–H groups in total. The second kappa shape index (κ2) is 6.18. The van der Waals surface area contributed by atoms with Crippen molar-refractivity contribution in [2.45, 2.75) is 13.2 Å². The zero-order valence-corrected chi connectivity index (χ0v) is 14.0. The predicted molar refractivity (Wildman–Crippen MR) is 88.5 cm³/mol. The molecule has 2 heterocycles. The van der Waals surface area contributed by atoms with Crippen molar-refractivity contribution in [1.82, 2.24) is 14.7 Å². The zero-order chi connectivity index (χ0) is 15.7. The molecule has 118 valence electrons. The van der Waals surface area contributed by atoms with Crippen LogP contribution in [0, 0.1) is 0 Å². The van der Waals surface area contributed by atoms with Gasteiger partial charge in [-0.25, -0.2) is 4.99 Å². The van der Waals surface area contributed by atoms with Gasteiger partial charge in [0.2, 0.25) is 0 Å². The molecular formula is C16H21ClN4O. The summed E-state index contributed by atoms with van der Waals surface area (Å²) in [6, 6.07) is 6.13. The smallest absolute Gasteiger partial charge is 0.152 e. The third kappa shape index (κ3) is 2.91. The van der Waals surface area contributed by atoms with Crippen LogP contribution in [0.4, 0.5) is 0 Å². The van der Waals surface area contributed by atoms with E-state index in [-0.39, 0.29) is 0 Å². The van der Waals surface area contributed by atoms with E-state index in [0.29, 0.717) is 6.61 Å². The van der Waals surface area contributed by atoms with Gasteiger partial charge in [-0.15, -0.1) is 0 Å². The van der Waals surface area contributed by atoms with E-state index in [1.54, 1.807) is 7.11 Å². The molecule has 0 spiro atoms. The highest BCUT2D eigenvalue weighted by Crippen LogP contribution is 2.23. The number of benzene rings is 1. The van der Waals surface area contributed by atoms with E-state index in [4.69, 9.17) is 16.3 Å². The lowest BCUT2D eigenvalue weighted by atomic mass is 10.1. The first kappa shape index (κ1) is 15.2. The fraction of sp³-hybridized carbons (Fsp3) is 0.438. The summed E-state index contributed by atoms with van der Waals surface area (Å²) in [7, 11) is 5.83. The van der Waals surface area contributed by atoms with Gasteiger partial charge in [0.1, 0.15) is 6.67 Å². The van der Waals surface area contributed by atoms with Crippen LogP contribution in [0.1, 0.15) is 11.1 Å². The van der Waals surface area contributed by atoms with E-state index in [1.165, 1.54) is 11.3 Å². The third-order valence-electron chi connectivity index (χ3n) is 3.93. The van der Waals surface area contributed by atoms with Gasteiger partial charge in [-0.2, -0.15) is 0 Å². The van der Waals surface area contributed by atoms with Crippen LogP contribution in [0.5, 0.6) is 0 Å². The minimum absolute atomic E-state index is 0.535. The molecule has 3 rings (SSSR count). The lowest BCUT2D eigenvalue weighted by molar-refractivity contribution is 0.184. The fourth-order valence-corrected chi connectivity index (χ4v) is 3.02. The van der Waals surface area contributed by atoms with Gasteiger partial charge < -0.3 is 19.4 Å². The van der Waals surface area contributed by atoms with Crippen molar-refractivity contribution in [1.29, 1.82) is 0 Å². The summed E-state index contributed by atoms with van der Waals surface area (Å²) in [5.74, 6) is 1.08. The standard InChI is InChI=1S/C16H21ClN4O/c1-19-10-18-16-15(19)8-21(11-20(16)2)7-12-4-5-14(17)13(6-12)9-22-3/h4-6,8H,7,9-11H2,1-3H3. The Bertz CT molecular complexity index is 629. The first-order valence-electron chi connectivity index (χ1n) is 7.27. The van der Waals surface area contributed by atoms with Crippen LogP contribution in [0.2, 0.25) is 5.02 Å². The van der Waals surface area contributed by atoms with Gasteiger partial charge in [-0.3, -0.25) is 0 Å². The van der Waals surface area contributed by atoms with E-state index >= 15 is 0 Å². The van der Waals surface area contributed by atoms with Crippen LogP contribution in [0.25, 0.3) is 0 Å². The molecule has 6 heteroatoms. The molecule has 0 saturated carbocycles. The van der Waals surface area contributed by atoms with E-state index in [2.05, 4.69) is 52.1 Å². The quantitative estimate of drug-likeness (QED) is 0.852. The van der Waals surface area contributed by atoms with Crippen LogP contribution < -0.4 is 0 Å². The van der Waals surface area contributed by atoms with Crippen LogP contribution in [-0.4, -0.2) is 55.1 Å². The number of amidine groups is 1. The first-order valence-corrected chi connectivity index (χ1v) is 7.65. The molecule has 0 saturated heterocycles. The van der Waals surface area contributed by atoms with Crippen LogP contribution in [0.3, 0.4) is 0 Å². The van der Waals surface area contributed by atoms with Gasteiger partial charge in [-0.05, 0) is 17.2 Å². The maximum atomic E-state index is 6.20. The summed E-state index contributed by atoms with van der Waals surface area (Å²) in [5.41, 5.74) is 3.43. The normalized spacial score (nSPS) is 17.5. The Balaban J connectivity index is 1.79. The Morgan fingerprint density at radius 2 is 2.09 bits per heavy atom. The lowest BCUT2D eigenvalue weighted by Crippen LogP contribution is -2.42. The molecule has 2 aliphatic heterocycles. The molecule has 0 aromatic heterocycles. The second-order valence-electron chi connectivity index (χ2n) is 5.78. The van der Waals surface area contributed by atoms with Crippen molar-refractivity contribution >= 4 is 17.4 Å². The maximum Gasteiger partial charge on any atom is 0.152 e. The second-order valence-corrected chi connectivity index (χ2v) is 6.19. The Labute approximate surface area is 136 Å². The molecule has 0 unspecified atom stereocenters. The molecule has 1 aromatic carbocycles. The van der Waals surface area contributed by atoms with Crippen molar-refractivity contribution in [2.24, 2.45) is 4.99 Å². The van der Waals surface area contributed by atoms with Gasteiger partial charge in [-0.1, -0.05) is 23.7 Å². The third-order valence-corrected chi connectivity index (χ3v) is 4.30. The highest BCUT2D eigenvalue weighted by Gasteiger charge is 2.27. The minimum Gasteiger partial charge on any atom is -0.380 e. The number of hydrogen-bond donors (Lipinski definition) is 0. The number of likely N-dealkylation sites (N-methyl/N-ethyl adjacent to an activating group) is 2.